The summed E-state index contributed by atoms with van der Waals surface area (Å²) >= 11 is 0. The minimum absolute atomic E-state index is 0.120. The fourth-order valence-corrected chi connectivity index (χ4v) is 3.59. The number of ether oxygens (including phenoxy) is 2. The van der Waals surface area contributed by atoms with Crippen LogP contribution in [0.3, 0.4) is 0 Å². The van der Waals surface area contributed by atoms with E-state index in [-0.39, 0.29) is 19.4 Å². The maximum atomic E-state index is 13.2. The molecule has 0 saturated heterocycles. The number of nitrogens with zero attached hydrogens (tertiary/aromatic N) is 1. The number of hydrogen-bond acceptors (Lipinski definition) is 5. The van der Waals surface area contributed by atoms with Crippen molar-refractivity contribution in [3.05, 3.63) is 120 Å². The lowest BCUT2D eigenvalue weighted by molar-refractivity contribution is -0.155. The third kappa shape index (κ3) is 6.51. The van der Waals surface area contributed by atoms with Crippen molar-refractivity contribution in [2.75, 3.05) is 7.11 Å². The van der Waals surface area contributed by atoms with Crippen molar-refractivity contribution in [2.24, 2.45) is 4.99 Å². The molecule has 5 nitrogen and oxygen atoms in total. The Morgan fingerprint density at radius 2 is 1.38 bits per heavy atom. The van der Waals surface area contributed by atoms with Gasteiger partial charge in [-0.25, -0.2) is 4.79 Å². The Kier molecular flexibility index (Phi) is 8.92. The summed E-state index contributed by atoms with van der Waals surface area (Å²) in [5, 5.41) is 0. The van der Waals surface area contributed by atoms with Gasteiger partial charge in [0.25, 0.3) is 0 Å². The molecule has 0 heterocycles. The Bertz CT molecular complexity index is 1080. The van der Waals surface area contributed by atoms with E-state index < -0.39 is 17.5 Å². The average molecular weight is 456 g/mol. The molecule has 1 atom stereocenters. The van der Waals surface area contributed by atoms with Gasteiger partial charge >= 0.3 is 11.9 Å². The fourth-order valence-electron chi connectivity index (χ4n) is 3.59. The van der Waals surface area contributed by atoms with Crippen molar-refractivity contribution in [3.63, 3.8) is 0 Å². The van der Waals surface area contributed by atoms with Crippen LogP contribution in [0.5, 0.6) is 0 Å². The second-order valence-electron chi connectivity index (χ2n) is 7.81. The molecular weight excluding hydrogens is 426 g/mol. The normalized spacial score (nSPS) is 12.5. The third-order valence-electron chi connectivity index (χ3n) is 5.36. The third-order valence-corrected chi connectivity index (χ3v) is 5.36. The molecule has 0 amide bonds. The van der Waals surface area contributed by atoms with E-state index in [9.17, 15) is 9.59 Å². The lowest BCUT2D eigenvalue weighted by Crippen LogP contribution is -2.41. The molecule has 3 aromatic rings. The highest BCUT2D eigenvalue weighted by molar-refractivity contribution is 6.14. The largest absolute Gasteiger partial charge is 0.467 e. The van der Waals surface area contributed by atoms with Gasteiger partial charge in [-0.3, -0.25) is 9.79 Å². The summed E-state index contributed by atoms with van der Waals surface area (Å²) in [4.78, 5) is 31.1. The Morgan fingerprint density at radius 1 is 0.853 bits per heavy atom. The highest BCUT2D eigenvalue weighted by atomic mass is 16.5. The molecule has 0 bridgehead atoms. The lowest BCUT2D eigenvalue weighted by Gasteiger charge is -2.27. The van der Waals surface area contributed by atoms with Gasteiger partial charge in [0.05, 0.1) is 19.2 Å². The first kappa shape index (κ1) is 24.6. The van der Waals surface area contributed by atoms with Crippen molar-refractivity contribution in [1.82, 2.24) is 0 Å². The van der Waals surface area contributed by atoms with Crippen LogP contribution in [0.4, 0.5) is 0 Å². The fraction of sp³-hybridized carbons (Fsp3) is 0.207. The second kappa shape index (κ2) is 12.3. The number of hydrogen-bond donors (Lipinski definition) is 0. The predicted octanol–water partition coefficient (Wildman–Crippen LogP) is 5.54. The zero-order valence-electron chi connectivity index (χ0n) is 19.5. The highest BCUT2D eigenvalue weighted by Crippen LogP contribution is 2.28. The molecule has 0 aromatic heterocycles. The summed E-state index contributed by atoms with van der Waals surface area (Å²) in [6.07, 6.45) is 3.59. The molecule has 174 valence electrons. The maximum absolute atomic E-state index is 13.2. The zero-order valence-corrected chi connectivity index (χ0v) is 19.5. The first-order chi connectivity index (χ1) is 16.6. The average Bonchev–Trinajstić information content (AvgIpc) is 2.90. The number of allylic oxidation sites excluding steroid dienone is 1. The molecule has 0 fully saturated rings. The van der Waals surface area contributed by atoms with Crippen molar-refractivity contribution >= 4 is 17.7 Å². The Hall–Kier alpha value is -3.99. The zero-order chi connectivity index (χ0) is 24.2. The number of rotatable bonds is 10. The van der Waals surface area contributed by atoms with E-state index in [1.165, 1.54) is 7.11 Å². The molecule has 3 aromatic carbocycles. The van der Waals surface area contributed by atoms with Gasteiger partial charge in [-0.1, -0.05) is 103 Å². The van der Waals surface area contributed by atoms with Gasteiger partial charge in [0, 0.05) is 17.5 Å². The monoisotopic (exact) mass is 455 g/mol. The molecule has 0 saturated carbocycles. The van der Waals surface area contributed by atoms with Gasteiger partial charge in [0.1, 0.15) is 6.61 Å². The Morgan fingerprint density at radius 3 is 1.88 bits per heavy atom. The van der Waals surface area contributed by atoms with Crippen LogP contribution in [0.1, 0.15) is 36.5 Å². The van der Waals surface area contributed by atoms with E-state index in [4.69, 9.17) is 14.5 Å². The molecule has 0 aliphatic carbocycles. The van der Waals surface area contributed by atoms with Crippen LogP contribution in [0, 0.1) is 0 Å². The van der Waals surface area contributed by atoms with E-state index in [0.29, 0.717) is 5.71 Å². The smallest absolute Gasteiger partial charge is 0.334 e. The molecule has 0 N–H and O–H groups in total. The SMILES string of the molecule is C/C=C/CC(CC(=O)OCc1ccccc1)(N=C(c1ccccc1)c1ccccc1)C(=O)OC. The molecule has 5 heteroatoms. The van der Waals surface area contributed by atoms with Gasteiger partial charge in [0.2, 0.25) is 0 Å². The van der Waals surface area contributed by atoms with E-state index in [2.05, 4.69) is 0 Å². The van der Waals surface area contributed by atoms with E-state index in [1.807, 2.05) is 110 Å². The van der Waals surface area contributed by atoms with Crippen LogP contribution in [-0.4, -0.2) is 30.3 Å². The number of methoxy groups -OCH3 is 1. The molecule has 0 spiro atoms. The quantitative estimate of drug-likeness (QED) is 0.229. The molecule has 3 rings (SSSR count). The van der Waals surface area contributed by atoms with Crippen LogP contribution in [0.15, 0.2) is 108 Å². The first-order valence-corrected chi connectivity index (χ1v) is 11.2. The summed E-state index contributed by atoms with van der Waals surface area (Å²) < 4.78 is 10.7. The minimum atomic E-state index is -1.48. The van der Waals surface area contributed by atoms with Crippen LogP contribution in [0.2, 0.25) is 0 Å². The van der Waals surface area contributed by atoms with E-state index in [1.54, 1.807) is 0 Å². The molecule has 0 aliphatic rings. The Balaban J connectivity index is 2.04. The number of esters is 2. The van der Waals surface area contributed by atoms with Crippen LogP contribution < -0.4 is 0 Å². The summed E-state index contributed by atoms with van der Waals surface area (Å²) in [6, 6.07) is 28.6. The van der Waals surface area contributed by atoms with Gasteiger partial charge in [-0.2, -0.15) is 0 Å². The van der Waals surface area contributed by atoms with Gasteiger partial charge in [-0.15, -0.1) is 0 Å². The lowest BCUT2D eigenvalue weighted by atomic mass is 9.90. The highest BCUT2D eigenvalue weighted by Gasteiger charge is 2.42. The van der Waals surface area contributed by atoms with E-state index >= 15 is 0 Å². The predicted molar refractivity (Wildman–Crippen MR) is 134 cm³/mol. The van der Waals surface area contributed by atoms with Crippen molar-refractivity contribution in [3.8, 4) is 0 Å². The Labute approximate surface area is 200 Å². The molecule has 0 aliphatic heterocycles. The summed E-state index contributed by atoms with van der Waals surface area (Å²) in [5.41, 5.74) is 1.66. The van der Waals surface area contributed by atoms with Gasteiger partial charge < -0.3 is 9.47 Å². The number of benzene rings is 3. The topological polar surface area (TPSA) is 65.0 Å². The number of carbonyl (C=O) groups is 2. The van der Waals surface area contributed by atoms with Gasteiger partial charge in [-0.05, 0) is 12.5 Å². The molecule has 34 heavy (non-hydrogen) atoms. The summed E-state index contributed by atoms with van der Waals surface area (Å²) in [5.74, 6) is -1.12. The van der Waals surface area contributed by atoms with E-state index in [0.717, 1.165) is 16.7 Å². The minimum Gasteiger partial charge on any atom is -0.467 e. The van der Waals surface area contributed by atoms with Crippen molar-refractivity contribution in [2.45, 2.75) is 31.9 Å². The van der Waals surface area contributed by atoms with Crippen LogP contribution in [-0.2, 0) is 25.7 Å². The summed E-state index contributed by atoms with van der Waals surface area (Å²) in [7, 11) is 1.31. The van der Waals surface area contributed by atoms with Gasteiger partial charge in [0.15, 0.2) is 5.54 Å². The first-order valence-electron chi connectivity index (χ1n) is 11.2. The van der Waals surface area contributed by atoms with Crippen LogP contribution >= 0.6 is 0 Å². The maximum Gasteiger partial charge on any atom is 0.334 e. The summed E-state index contributed by atoms with van der Waals surface area (Å²) in [6.45, 7) is 1.98. The van der Waals surface area contributed by atoms with Crippen molar-refractivity contribution < 1.29 is 19.1 Å². The molecule has 0 radical (unpaired) electrons. The number of carbonyl (C=O) groups excluding carboxylic acids is 2. The number of aliphatic imine (C=N–C) groups is 1. The molecule has 1 unspecified atom stereocenters. The van der Waals surface area contributed by atoms with Crippen LogP contribution in [0.25, 0.3) is 0 Å². The molecular formula is C29H29NO4. The van der Waals surface area contributed by atoms with Crippen molar-refractivity contribution in [1.29, 1.82) is 0 Å². The second-order valence-corrected chi connectivity index (χ2v) is 7.81. The standard InChI is InChI=1S/C29H29NO4/c1-3-4-20-29(28(32)33-2,21-26(31)34-22-23-14-8-5-9-15-23)30-27(24-16-10-6-11-17-24)25-18-12-7-13-19-25/h3-19H,20-22H2,1-2H3/b4-3+.